The normalized spacial score (nSPS) is 20.0. The summed E-state index contributed by atoms with van der Waals surface area (Å²) in [7, 11) is 0. The average molecular weight is 349 g/mol. The van der Waals surface area contributed by atoms with Gasteiger partial charge in [0.15, 0.2) is 0 Å². The van der Waals surface area contributed by atoms with Crippen LogP contribution in [-0.4, -0.2) is 28.7 Å². The maximum Gasteiger partial charge on any atom is 0.346 e. The molecule has 3 amide bonds. The highest BCUT2D eigenvalue weighted by atomic mass is 16.2. The quantitative estimate of drug-likeness (QED) is 0.662. The van der Waals surface area contributed by atoms with Gasteiger partial charge in [-0.25, -0.2) is 4.79 Å². The Bertz CT molecular complexity index is 861. The number of rotatable bonds is 5. The molecule has 1 N–H and O–H groups in total. The highest BCUT2D eigenvalue weighted by Crippen LogP contribution is 2.23. The van der Waals surface area contributed by atoms with Crippen LogP contribution in [0.3, 0.4) is 0 Å². The molecule has 3 rings (SSSR count). The van der Waals surface area contributed by atoms with Gasteiger partial charge in [0.05, 0.1) is 6.21 Å². The Morgan fingerprint density at radius 3 is 2.58 bits per heavy atom. The summed E-state index contributed by atoms with van der Waals surface area (Å²) in [4.78, 5) is 25.0. The molecule has 0 unspecified atom stereocenters. The molecule has 1 atom stereocenters. The summed E-state index contributed by atoms with van der Waals surface area (Å²) in [6, 6.07) is 15.4. The van der Waals surface area contributed by atoms with Gasteiger partial charge in [0.2, 0.25) is 0 Å². The molecule has 2 aromatic rings. The van der Waals surface area contributed by atoms with Gasteiger partial charge in [-0.2, -0.15) is 5.10 Å². The third-order valence-corrected chi connectivity index (χ3v) is 4.74. The molecule has 1 heterocycles. The molecular formula is C21H23N3O2. The maximum absolute atomic E-state index is 12.8. The van der Waals surface area contributed by atoms with Crippen LogP contribution in [0.15, 0.2) is 53.6 Å². The third-order valence-electron chi connectivity index (χ3n) is 4.74. The van der Waals surface area contributed by atoms with E-state index in [0.29, 0.717) is 12.8 Å². The van der Waals surface area contributed by atoms with Crippen LogP contribution >= 0.6 is 0 Å². The first-order valence-electron chi connectivity index (χ1n) is 8.71. The topological polar surface area (TPSA) is 61.8 Å². The minimum atomic E-state index is -0.939. The monoisotopic (exact) mass is 349 g/mol. The molecule has 0 bridgehead atoms. The second-order valence-electron chi connectivity index (χ2n) is 6.97. The van der Waals surface area contributed by atoms with E-state index in [1.165, 1.54) is 0 Å². The van der Waals surface area contributed by atoms with Crippen molar-refractivity contribution in [3.05, 3.63) is 70.8 Å². The summed E-state index contributed by atoms with van der Waals surface area (Å²) >= 11 is 0. The lowest BCUT2D eigenvalue weighted by Crippen LogP contribution is -2.44. The van der Waals surface area contributed by atoms with Gasteiger partial charge in [-0.15, -0.1) is 5.01 Å². The number of carbonyl (C=O) groups is 2. The van der Waals surface area contributed by atoms with E-state index in [0.717, 1.165) is 27.3 Å². The Morgan fingerprint density at radius 1 is 1.12 bits per heavy atom. The smallest absolute Gasteiger partial charge is 0.322 e. The van der Waals surface area contributed by atoms with Crippen LogP contribution in [0.25, 0.3) is 0 Å². The van der Waals surface area contributed by atoms with E-state index < -0.39 is 11.6 Å². The van der Waals surface area contributed by atoms with Crippen LogP contribution in [0, 0.1) is 13.8 Å². The zero-order valence-corrected chi connectivity index (χ0v) is 15.3. The predicted octanol–water partition coefficient (Wildman–Crippen LogP) is 3.58. The molecule has 2 aromatic carbocycles. The largest absolute Gasteiger partial charge is 0.346 e. The maximum atomic E-state index is 12.8. The summed E-state index contributed by atoms with van der Waals surface area (Å²) in [5.41, 5.74) is 3.23. The number of carbonyl (C=O) groups excluding carboxylic acids is 2. The van der Waals surface area contributed by atoms with Crippen molar-refractivity contribution >= 4 is 18.2 Å². The van der Waals surface area contributed by atoms with Gasteiger partial charge < -0.3 is 5.32 Å². The highest BCUT2D eigenvalue weighted by molar-refractivity contribution is 6.07. The predicted molar refractivity (Wildman–Crippen MR) is 102 cm³/mol. The van der Waals surface area contributed by atoms with Crippen LogP contribution in [0.2, 0.25) is 0 Å². The van der Waals surface area contributed by atoms with Crippen molar-refractivity contribution in [2.75, 3.05) is 0 Å². The first-order chi connectivity index (χ1) is 12.4. The lowest BCUT2D eigenvalue weighted by molar-refractivity contribution is -0.130. The van der Waals surface area contributed by atoms with Gasteiger partial charge in [-0.05, 0) is 50.3 Å². The third kappa shape index (κ3) is 3.67. The fourth-order valence-electron chi connectivity index (χ4n) is 3.00. The molecule has 1 fully saturated rings. The molecule has 1 saturated heterocycles. The van der Waals surface area contributed by atoms with Gasteiger partial charge in [0.1, 0.15) is 5.54 Å². The second kappa shape index (κ2) is 7.12. The van der Waals surface area contributed by atoms with E-state index in [9.17, 15) is 9.59 Å². The van der Waals surface area contributed by atoms with Crippen molar-refractivity contribution in [2.24, 2.45) is 5.10 Å². The number of benzene rings is 2. The SMILES string of the molecule is Cc1ccc(C)c(/C=N\N2C(=O)N[C@](C)(CCc3ccccc3)C2=O)c1. The minimum Gasteiger partial charge on any atom is -0.322 e. The lowest BCUT2D eigenvalue weighted by atomic mass is 9.93. The number of hydrazone groups is 1. The minimum absolute atomic E-state index is 0.319. The molecule has 5 heteroatoms. The molecule has 1 aliphatic heterocycles. The Hall–Kier alpha value is -2.95. The van der Waals surface area contributed by atoms with E-state index in [1.54, 1.807) is 13.1 Å². The molecule has 0 aromatic heterocycles. The van der Waals surface area contributed by atoms with Crippen LogP contribution in [0.5, 0.6) is 0 Å². The van der Waals surface area contributed by atoms with Crippen molar-refractivity contribution in [2.45, 2.75) is 39.2 Å². The van der Waals surface area contributed by atoms with E-state index in [2.05, 4.69) is 10.4 Å². The average Bonchev–Trinajstić information content (AvgIpc) is 2.84. The summed E-state index contributed by atoms with van der Waals surface area (Å²) in [5, 5.41) is 7.88. The van der Waals surface area contributed by atoms with E-state index in [1.807, 2.05) is 62.4 Å². The number of hydrogen-bond donors (Lipinski definition) is 1. The van der Waals surface area contributed by atoms with Crippen LogP contribution in [0.4, 0.5) is 4.79 Å². The number of nitrogens with zero attached hydrogens (tertiary/aromatic N) is 2. The number of amides is 3. The van der Waals surface area contributed by atoms with E-state index in [4.69, 9.17) is 0 Å². The summed E-state index contributed by atoms with van der Waals surface area (Å²) in [5.74, 6) is -0.319. The Labute approximate surface area is 153 Å². The zero-order valence-electron chi connectivity index (χ0n) is 15.3. The molecule has 0 radical (unpaired) electrons. The number of hydrogen-bond acceptors (Lipinski definition) is 3. The van der Waals surface area contributed by atoms with Crippen LogP contribution in [-0.2, 0) is 11.2 Å². The van der Waals surface area contributed by atoms with Crippen molar-refractivity contribution in [1.29, 1.82) is 0 Å². The standard InChI is InChI=1S/C21H23N3O2/c1-15-9-10-16(2)18(13-15)14-22-24-19(25)21(3,23-20(24)26)12-11-17-7-5-4-6-8-17/h4-10,13-14H,11-12H2,1-3H3,(H,23,26)/b22-14-/t21-/m1/s1. The first kappa shape index (κ1) is 17.9. The van der Waals surface area contributed by atoms with Crippen LogP contribution < -0.4 is 5.32 Å². The molecule has 0 saturated carbocycles. The Kier molecular flexibility index (Phi) is 4.89. The van der Waals surface area contributed by atoms with Crippen LogP contribution in [0.1, 0.15) is 35.6 Å². The van der Waals surface area contributed by atoms with Crippen molar-refractivity contribution < 1.29 is 9.59 Å². The van der Waals surface area contributed by atoms with Gasteiger partial charge in [0.25, 0.3) is 5.91 Å². The Balaban J connectivity index is 1.73. The summed E-state index contributed by atoms with van der Waals surface area (Å²) in [6.45, 7) is 5.71. The zero-order chi connectivity index (χ0) is 18.7. The number of imide groups is 1. The van der Waals surface area contributed by atoms with Crippen molar-refractivity contribution in [3.8, 4) is 0 Å². The van der Waals surface area contributed by atoms with Crippen molar-refractivity contribution in [1.82, 2.24) is 10.3 Å². The van der Waals surface area contributed by atoms with E-state index in [-0.39, 0.29) is 5.91 Å². The molecule has 0 aliphatic carbocycles. The molecule has 1 aliphatic rings. The molecular weight excluding hydrogens is 326 g/mol. The highest BCUT2D eigenvalue weighted by Gasteiger charge is 2.47. The molecule has 5 nitrogen and oxygen atoms in total. The molecule has 0 spiro atoms. The summed E-state index contributed by atoms with van der Waals surface area (Å²) in [6.07, 6.45) is 2.80. The first-order valence-corrected chi connectivity index (χ1v) is 8.71. The second-order valence-corrected chi connectivity index (χ2v) is 6.97. The lowest BCUT2D eigenvalue weighted by Gasteiger charge is -2.20. The number of urea groups is 1. The van der Waals surface area contributed by atoms with Crippen molar-refractivity contribution in [3.63, 3.8) is 0 Å². The Morgan fingerprint density at radius 2 is 1.85 bits per heavy atom. The van der Waals surface area contributed by atoms with Gasteiger partial charge in [-0.3, -0.25) is 4.79 Å². The van der Waals surface area contributed by atoms with Gasteiger partial charge >= 0.3 is 6.03 Å². The fraction of sp³-hybridized carbons (Fsp3) is 0.286. The molecule has 134 valence electrons. The number of nitrogens with one attached hydrogen (secondary N) is 1. The fourth-order valence-corrected chi connectivity index (χ4v) is 3.00. The number of aryl methyl sites for hydroxylation is 3. The molecule has 26 heavy (non-hydrogen) atoms. The van der Waals surface area contributed by atoms with Gasteiger partial charge in [-0.1, -0.05) is 54.1 Å². The van der Waals surface area contributed by atoms with Gasteiger partial charge in [0, 0.05) is 0 Å². The summed E-state index contributed by atoms with van der Waals surface area (Å²) < 4.78 is 0. The van der Waals surface area contributed by atoms with E-state index >= 15 is 0 Å².